The number of sulfonamides is 1. The van der Waals surface area contributed by atoms with Crippen LogP contribution in [-0.2, 0) is 26.0 Å². The Morgan fingerprint density at radius 3 is 1.97 bits per heavy atom. The lowest BCUT2D eigenvalue weighted by atomic mass is 10.1. The zero-order chi connectivity index (χ0) is 26.7. The van der Waals surface area contributed by atoms with E-state index < -0.39 is 28.5 Å². The number of amides is 2. The molecule has 0 aliphatic carbocycles. The minimum Gasteiger partial charge on any atom is -0.354 e. The number of carbonyl (C=O) groups is 2. The third-order valence-corrected chi connectivity index (χ3v) is 7.86. The van der Waals surface area contributed by atoms with Gasteiger partial charge in [0.05, 0.1) is 10.6 Å². The lowest BCUT2D eigenvalue weighted by Crippen LogP contribution is -2.53. The summed E-state index contributed by atoms with van der Waals surface area (Å²) in [6.07, 6.45) is 1.73. The van der Waals surface area contributed by atoms with Crippen LogP contribution in [0, 0.1) is 0 Å². The maximum atomic E-state index is 13.8. The number of rotatable bonds is 13. The Bertz CT molecular complexity index is 1240. The van der Waals surface area contributed by atoms with Crippen molar-refractivity contribution in [3.63, 3.8) is 0 Å². The van der Waals surface area contributed by atoms with Gasteiger partial charge in [-0.15, -0.1) is 0 Å². The first-order valence-corrected chi connectivity index (χ1v) is 14.1. The first-order valence-electron chi connectivity index (χ1n) is 12.6. The van der Waals surface area contributed by atoms with E-state index in [1.165, 1.54) is 17.0 Å². The molecule has 0 aliphatic rings. The van der Waals surface area contributed by atoms with Crippen LogP contribution in [0.4, 0.5) is 5.69 Å². The average molecular weight is 522 g/mol. The van der Waals surface area contributed by atoms with E-state index in [0.717, 1.165) is 16.3 Å². The molecule has 0 unspecified atom stereocenters. The first kappa shape index (κ1) is 27.9. The number of benzene rings is 3. The number of carbonyl (C=O) groups excluding carboxylic acids is 2. The van der Waals surface area contributed by atoms with Crippen molar-refractivity contribution < 1.29 is 18.0 Å². The summed E-state index contributed by atoms with van der Waals surface area (Å²) in [4.78, 5) is 28.5. The van der Waals surface area contributed by atoms with E-state index in [9.17, 15) is 18.0 Å². The molecule has 8 heteroatoms. The zero-order valence-electron chi connectivity index (χ0n) is 21.4. The third kappa shape index (κ3) is 7.43. The molecule has 37 heavy (non-hydrogen) atoms. The first-order chi connectivity index (χ1) is 17.9. The van der Waals surface area contributed by atoms with Crippen LogP contribution < -0.4 is 9.62 Å². The van der Waals surface area contributed by atoms with Crippen LogP contribution in [0.3, 0.4) is 0 Å². The van der Waals surface area contributed by atoms with Crippen molar-refractivity contribution in [3.05, 3.63) is 96.6 Å². The average Bonchev–Trinajstić information content (AvgIpc) is 2.94. The molecule has 0 aliphatic heterocycles. The molecular formula is C29H35N3O4S. The molecule has 0 bridgehead atoms. The normalized spacial score (nSPS) is 11.9. The highest BCUT2D eigenvalue weighted by Crippen LogP contribution is 2.24. The fourth-order valence-corrected chi connectivity index (χ4v) is 5.54. The molecule has 0 aromatic heterocycles. The molecule has 0 spiro atoms. The van der Waals surface area contributed by atoms with Gasteiger partial charge in [-0.1, -0.05) is 80.6 Å². The lowest BCUT2D eigenvalue weighted by molar-refractivity contribution is -0.139. The molecule has 3 aromatic rings. The molecule has 0 heterocycles. The largest absolute Gasteiger partial charge is 0.354 e. The maximum Gasteiger partial charge on any atom is 0.264 e. The predicted octanol–water partition coefficient (Wildman–Crippen LogP) is 4.26. The Hall–Kier alpha value is -3.65. The molecule has 0 fully saturated rings. The van der Waals surface area contributed by atoms with Crippen molar-refractivity contribution in [2.45, 2.75) is 44.0 Å². The summed E-state index contributed by atoms with van der Waals surface area (Å²) in [6, 6.07) is 25.6. The molecular weight excluding hydrogens is 486 g/mol. The van der Waals surface area contributed by atoms with E-state index in [-0.39, 0.29) is 17.3 Å². The summed E-state index contributed by atoms with van der Waals surface area (Å²) < 4.78 is 28.4. The topological polar surface area (TPSA) is 86.8 Å². The highest BCUT2D eigenvalue weighted by Gasteiger charge is 2.33. The molecule has 0 radical (unpaired) electrons. The van der Waals surface area contributed by atoms with Gasteiger partial charge >= 0.3 is 0 Å². The molecule has 0 saturated heterocycles. The van der Waals surface area contributed by atoms with E-state index in [4.69, 9.17) is 0 Å². The van der Waals surface area contributed by atoms with Gasteiger partial charge in [-0.2, -0.15) is 0 Å². The number of anilines is 1. The molecule has 3 aromatic carbocycles. The van der Waals surface area contributed by atoms with Gasteiger partial charge in [0.25, 0.3) is 10.0 Å². The minimum absolute atomic E-state index is 0.0928. The van der Waals surface area contributed by atoms with Crippen LogP contribution in [0.15, 0.2) is 95.9 Å². The quantitative estimate of drug-likeness (QED) is 0.364. The second-order valence-electron chi connectivity index (χ2n) is 8.70. The highest BCUT2D eigenvalue weighted by atomic mass is 32.2. The van der Waals surface area contributed by atoms with Crippen LogP contribution in [0.5, 0.6) is 0 Å². The molecule has 3 rings (SSSR count). The van der Waals surface area contributed by atoms with Gasteiger partial charge in [0.15, 0.2) is 0 Å². The van der Waals surface area contributed by atoms with Crippen LogP contribution in [0.2, 0.25) is 0 Å². The van der Waals surface area contributed by atoms with Crippen molar-refractivity contribution in [1.29, 1.82) is 0 Å². The third-order valence-electron chi connectivity index (χ3n) is 6.07. The molecule has 196 valence electrons. The molecule has 0 saturated carbocycles. The van der Waals surface area contributed by atoms with Gasteiger partial charge in [0, 0.05) is 13.1 Å². The molecule has 2 amide bonds. The van der Waals surface area contributed by atoms with Gasteiger partial charge < -0.3 is 10.2 Å². The van der Waals surface area contributed by atoms with E-state index >= 15 is 0 Å². The zero-order valence-corrected chi connectivity index (χ0v) is 22.2. The second-order valence-corrected chi connectivity index (χ2v) is 10.6. The number of nitrogens with zero attached hydrogens (tertiary/aromatic N) is 2. The van der Waals surface area contributed by atoms with E-state index in [0.29, 0.717) is 25.1 Å². The number of nitrogens with one attached hydrogen (secondary N) is 1. The van der Waals surface area contributed by atoms with Crippen LogP contribution in [-0.4, -0.2) is 50.8 Å². The molecule has 1 N–H and O–H groups in total. The predicted molar refractivity (Wildman–Crippen MR) is 147 cm³/mol. The number of hydrogen-bond acceptors (Lipinski definition) is 4. The Morgan fingerprint density at radius 1 is 0.838 bits per heavy atom. The van der Waals surface area contributed by atoms with Gasteiger partial charge in [-0.05, 0) is 49.1 Å². The molecule has 7 nitrogen and oxygen atoms in total. The summed E-state index contributed by atoms with van der Waals surface area (Å²) in [5.41, 5.74) is 1.41. The van der Waals surface area contributed by atoms with Crippen LogP contribution in [0.1, 0.15) is 32.3 Å². The minimum atomic E-state index is -4.03. The summed E-state index contributed by atoms with van der Waals surface area (Å²) >= 11 is 0. The number of para-hydroxylation sites is 1. The summed E-state index contributed by atoms with van der Waals surface area (Å²) in [5, 5.41) is 2.89. The summed E-state index contributed by atoms with van der Waals surface area (Å²) in [7, 11) is -4.03. The Labute approximate surface area is 220 Å². The van der Waals surface area contributed by atoms with Gasteiger partial charge in [-0.25, -0.2) is 8.42 Å². The van der Waals surface area contributed by atoms with Crippen molar-refractivity contribution in [3.8, 4) is 0 Å². The SMILES string of the molecule is CCCNC(=O)[C@@H](CC)N(CCc1ccccc1)C(=O)CN(c1ccccc1)S(=O)(=O)c1ccccc1. The Kier molecular flexibility index (Phi) is 10.3. The fraction of sp³-hybridized carbons (Fsp3) is 0.310. The Balaban J connectivity index is 1.95. The van der Waals surface area contributed by atoms with Crippen molar-refractivity contribution in [1.82, 2.24) is 10.2 Å². The van der Waals surface area contributed by atoms with E-state index in [2.05, 4.69) is 5.32 Å². The van der Waals surface area contributed by atoms with E-state index in [1.807, 2.05) is 44.2 Å². The van der Waals surface area contributed by atoms with Crippen molar-refractivity contribution in [2.24, 2.45) is 0 Å². The summed E-state index contributed by atoms with van der Waals surface area (Å²) in [5.74, 6) is -0.666. The fourth-order valence-electron chi connectivity index (χ4n) is 4.10. The van der Waals surface area contributed by atoms with Gasteiger partial charge in [0.1, 0.15) is 12.6 Å². The Morgan fingerprint density at radius 2 is 1.41 bits per heavy atom. The van der Waals surface area contributed by atoms with Crippen molar-refractivity contribution >= 4 is 27.5 Å². The monoisotopic (exact) mass is 521 g/mol. The second kappa shape index (κ2) is 13.6. The smallest absolute Gasteiger partial charge is 0.264 e. The highest BCUT2D eigenvalue weighted by molar-refractivity contribution is 7.92. The van der Waals surface area contributed by atoms with Gasteiger partial charge in [0.2, 0.25) is 11.8 Å². The lowest BCUT2D eigenvalue weighted by Gasteiger charge is -2.33. The summed E-state index contributed by atoms with van der Waals surface area (Å²) in [6.45, 7) is 4.19. The standard InChI is InChI=1S/C29H35N3O4S/c1-3-21-30-29(34)27(4-2)31(22-20-24-14-8-5-9-15-24)28(33)23-32(25-16-10-6-11-17-25)37(35,36)26-18-12-7-13-19-26/h5-19,27H,3-4,20-23H2,1-2H3,(H,30,34)/t27-/m1/s1. The molecule has 1 atom stereocenters. The van der Waals surface area contributed by atoms with Crippen LogP contribution >= 0.6 is 0 Å². The van der Waals surface area contributed by atoms with Crippen LogP contribution in [0.25, 0.3) is 0 Å². The van der Waals surface area contributed by atoms with Crippen molar-refractivity contribution in [2.75, 3.05) is 23.9 Å². The van der Waals surface area contributed by atoms with E-state index in [1.54, 1.807) is 48.5 Å². The maximum absolute atomic E-state index is 13.8. The van der Waals surface area contributed by atoms with Gasteiger partial charge in [-0.3, -0.25) is 13.9 Å². The number of hydrogen-bond donors (Lipinski definition) is 1.